The van der Waals surface area contributed by atoms with Gasteiger partial charge in [0.2, 0.25) is 0 Å². The van der Waals surface area contributed by atoms with Gasteiger partial charge in [-0.3, -0.25) is 9.89 Å². The Morgan fingerprint density at radius 2 is 2.24 bits per heavy atom. The van der Waals surface area contributed by atoms with E-state index in [4.69, 9.17) is 17.3 Å². The van der Waals surface area contributed by atoms with E-state index in [1.807, 2.05) is 12.1 Å². The lowest BCUT2D eigenvalue weighted by molar-refractivity contribution is 0.712. The predicted molar refractivity (Wildman–Crippen MR) is 83.9 cm³/mol. The summed E-state index contributed by atoms with van der Waals surface area (Å²) < 4.78 is 1.73. The number of H-pyrrole nitrogens is 1. The lowest BCUT2D eigenvalue weighted by atomic mass is 10.1. The Morgan fingerprint density at radius 3 is 2.95 bits per heavy atom. The number of hydrogen-bond donors (Lipinski definition) is 2. The highest BCUT2D eigenvalue weighted by Crippen LogP contribution is 2.42. The Balaban J connectivity index is 2.18. The van der Waals surface area contributed by atoms with Crippen LogP contribution >= 0.6 is 11.6 Å². The van der Waals surface area contributed by atoms with Gasteiger partial charge in [-0.25, -0.2) is 0 Å². The highest BCUT2D eigenvalue weighted by molar-refractivity contribution is 6.31. The molecule has 0 spiro atoms. The minimum absolute atomic E-state index is 0.0130. The minimum Gasteiger partial charge on any atom is -0.329 e. The fourth-order valence-corrected chi connectivity index (χ4v) is 3.14. The summed E-state index contributed by atoms with van der Waals surface area (Å²) in [5.41, 5.74) is 8.16. The highest BCUT2D eigenvalue weighted by Gasteiger charge is 2.29. The summed E-state index contributed by atoms with van der Waals surface area (Å²) in [6, 6.07) is 5.51. The molecule has 3 aromatic rings. The molecule has 0 unspecified atom stereocenters. The smallest absolute Gasteiger partial charge is 0.262 e. The Hall–Kier alpha value is -1.85. The molecule has 0 atom stereocenters. The molecular weight excluding hydrogens is 288 g/mol. The number of aromatic nitrogens is 3. The van der Waals surface area contributed by atoms with Crippen molar-refractivity contribution in [1.82, 2.24) is 14.8 Å². The number of nitrogens with zero attached hydrogens (tertiary/aromatic N) is 2. The summed E-state index contributed by atoms with van der Waals surface area (Å²) in [6.45, 7) is 0.905. The summed E-state index contributed by atoms with van der Waals surface area (Å²) in [4.78, 5) is 12.8. The van der Waals surface area contributed by atoms with Crippen molar-refractivity contribution < 1.29 is 0 Å². The second-order valence-electron chi connectivity index (χ2n) is 5.54. The Kier molecular flexibility index (Phi) is 2.80. The van der Waals surface area contributed by atoms with E-state index < -0.39 is 0 Å². The van der Waals surface area contributed by atoms with Gasteiger partial charge in [-0.05, 0) is 31.0 Å². The SMILES string of the molecule is NCCn1c(=O)c2c(C3CC3)[nH]nc2c2cc(Cl)ccc21. The van der Waals surface area contributed by atoms with Gasteiger partial charge in [0.1, 0.15) is 5.52 Å². The number of fused-ring (bicyclic) bond motifs is 3. The van der Waals surface area contributed by atoms with Crippen LogP contribution in [0.3, 0.4) is 0 Å². The van der Waals surface area contributed by atoms with Crippen LogP contribution in [-0.2, 0) is 6.54 Å². The third-order valence-corrected chi connectivity index (χ3v) is 4.33. The van der Waals surface area contributed by atoms with Crippen molar-refractivity contribution in [1.29, 1.82) is 0 Å². The van der Waals surface area contributed by atoms with Crippen molar-refractivity contribution in [3.8, 4) is 0 Å². The average Bonchev–Trinajstić information content (AvgIpc) is 3.22. The van der Waals surface area contributed by atoms with Crippen molar-refractivity contribution >= 4 is 33.4 Å². The van der Waals surface area contributed by atoms with Gasteiger partial charge < -0.3 is 10.3 Å². The largest absolute Gasteiger partial charge is 0.329 e. The molecule has 3 N–H and O–H groups in total. The molecule has 5 nitrogen and oxygen atoms in total. The minimum atomic E-state index is -0.0130. The van der Waals surface area contributed by atoms with Crippen LogP contribution in [-0.4, -0.2) is 21.3 Å². The number of halogens is 1. The van der Waals surface area contributed by atoms with Crippen LogP contribution in [0.5, 0.6) is 0 Å². The number of rotatable bonds is 3. The predicted octanol–water partition coefficient (Wildman–Crippen LogP) is 2.37. The van der Waals surface area contributed by atoms with Gasteiger partial charge in [-0.15, -0.1) is 0 Å². The maximum Gasteiger partial charge on any atom is 0.262 e. The number of nitrogens with two attached hydrogens (primary N) is 1. The van der Waals surface area contributed by atoms with Crippen molar-refractivity contribution in [2.75, 3.05) is 6.54 Å². The Labute approximate surface area is 125 Å². The maximum atomic E-state index is 12.8. The van der Waals surface area contributed by atoms with Crippen molar-refractivity contribution in [2.24, 2.45) is 5.73 Å². The molecule has 0 amide bonds. The molecule has 21 heavy (non-hydrogen) atoms. The molecule has 0 aliphatic heterocycles. The quantitative estimate of drug-likeness (QED) is 0.780. The molecular formula is C15H15ClN4O. The molecule has 2 heterocycles. The second-order valence-corrected chi connectivity index (χ2v) is 5.98. The number of pyridine rings is 1. The summed E-state index contributed by atoms with van der Waals surface area (Å²) in [6.07, 6.45) is 2.22. The molecule has 1 saturated carbocycles. The number of nitrogens with one attached hydrogen (secondary N) is 1. The van der Waals surface area contributed by atoms with E-state index in [1.165, 1.54) is 0 Å². The lowest BCUT2D eigenvalue weighted by Crippen LogP contribution is -2.25. The van der Waals surface area contributed by atoms with Gasteiger partial charge >= 0.3 is 0 Å². The number of hydrogen-bond acceptors (Lipinski definition) is 3. The van der Waals surface area contributed by atoms with Crippen LogP contribution in [0.25, 0.3) is 21.8 Å². The van der Waals surface area contributed by atoms with Crippen LogP contribution in [0.1, 0.15) is 24.5 Å². The first-order chi connectivity index (χ1) is 10.2. The topological polar surface area (TPSA) is 76.7 Å². The third-order valence-electron chi connectivity index (χ3n) is 4.10. The number of benzene rings is 1. The molecule has 2 aromatic heterocycles. The summed E-state index contributed by atoms with van der Waals surface area (Å²) >= 11 is 6.12. The first kappa shape index (κ1) is 12.9. The van der Waals surface area contributed by atoms with Crippen molar-refractivity contribution in [2.45, 2.75) is 25.3 Å². The first-order valence-electron chi connectivity index (χ1n) is 7.11. The van der Waals surface area contributed by atoms with Crippen LogP contribution in [0.2, 0.25) is 5.02 Å². The maximum absolute atomic E-state index is 12.8. The monoisotopic (exact) mass is 302 g/mol. The van der Waals surface area contributed by atoms with Crippen molar-refractivity contribution in [3.05, 3.63) is 39.3 Å². The zero-order valence-electron chi connectivity index (χ0n) is 11.4. The average molecular weight is 303 g/mol. The van der Waals surface area contributed by atoms with Gasteiger partial charge in [-0.1, -0.05) is 11.6 Å². The first-order valence-corrected chi connectivity index (χ1v) is 7.48. The fourth-order valence-electron chi connectivity index (χ4n) is 2.96. The zero-order valence-corrected chi connectivity index (χ0v) is 12.2. The number of aromatic amines is 1. The van der Waals surface area contributed by atoms with E-state index in [-0.39, 0.29) is 5.56 Å². The van der Waals surface area contributed by atoms with Crippen LogP contribution in [0, 0.1) is 0 Å². The van der Waals surface area contributed by atoms with Crippen molar-refractivity contribution in [3.63, 3.8) is 0 Å². The molecule has 1 aromatic carbocycles. The Bertz CT molecular complexity index is 907. The standard InChI is InChI=1S/C15H15ClN4O/c16-9-3-4-11-10(7-9)14-12(15(21)20(11)6-5-17)13(18-19-14)8-1-2-8/h3-4,7-8H,1-2,5-6,17H2,(H,18,19). The van der Waals surface area contributed by atoms with E-state index in [1.54, 1.807) is 10.6 Å². The second kappa shape index (κ2) is 4.58. The van der Waals surface area contributed by atoms with Gasteiger partial charge in [-0.2, -0.15) is 5.10 Å². The molecule has 0 radical (unpaired) electrons. The fraction of sp³-hybridized carbons (Fsp3) is 0.333. The third kappa shape index (κ3) is 1.88. The molecule has 0 bridgehead atoms. The van der Waals surface area contributed by atoms with Crippen LogP contribution < -0.4 is 11.3 Å². The van der Waals surface area contributed by atoms with E-state index in [0.29, 0.717) is 34.9 Å². The van der Waals surface area contributed by atoms with E-state index in [0.717, 1.165) is 29.4 Å². The molecule has 0 saturated heterocycles. The van der Waals surface area contributed by atoms with Crippen LogP contribution in [0.4, 0.5) is 0 Å². The summed E-state index contributed by atoms with van der Waals surface area (Å²) in [5, 5.41) is 9.67. The zero-order chi connectivity index (χ0) is 14.6. The van der Waals surface area contributed by atoms with E-state index in [9.17, 15) is 4.79 Å². The van der Waals surface area contributed by atoms with Gasteiger partial charge in [0.25, 0.3) is 5.56 Å². The van der Waals surface area contributed by atoms with E-state index >= 15 is 0 Å². The van der Waals surface area contributed by atoms with Gasteiger partial charge in [0.05, 0.1) is 16.6 Å². The molecule has 1 fully saturated rings. The van der Waals surface area contributed by atoms with Gasteiger partial charge in [0.15, 0.2) is 0 Å². The molecule has 1 aliphatic rings. The highest BCUT2D eigenvalue weighted by atomic mass is 35.5. The van der Waals surface area contributed by atoms with Crippen LogP contribution in [0.15, 0.2) is 23.0 Å². The summed E-state index contributed by atoms with van der Waals surface area (Å²) in [5.74, 6) is 0.436. The molecule has 108 valence electrons. The van der Waals surface area contributed by atoms with E-state index in [2.05, 4.69) is 10.2 Å². The molecule has 1 aliphatic carbocycles. The normalized spacial score (nSPS) is 15.1. The lowest BCUT2D eigenvalue weighted by Gasteiger charge is -2.10. The molecule has 6 heteroatoms. The van der Waals surface area contributed by atoms with Gasteiger partial charge in [0, 0.05) is 29.4 Å². The summed E-state index contributed by atoms with van der Waals surface area (Å²) in [7, 11) is 0. The molecule has 4 rings (SSSR count). The Morgan fingerprint density at radius 1 is 1.43 bits per heavy atom.